The molecule has 110 valence electrons. The van der Waals surface area contributed by atoms with Crippen LogP contribution in [0.1, 0.15) is 10.5 Å². The smallest absolute Gasteiger partial charge is 0.404 e. The molecule has 1 aromatic rings. The summed E-state index contributed by atoms with van der Waals surface area (Å²) in [5.41, 5.74) is 4.56. The molecule has 0 fully saturated rings. The van der Waals surface area contributed by atoms with Crippen molar-refractivity contribution in [3.63, 3.8) is 0 Å². The van der Waals surface area contributed by atoms with Gasteiger partial charge in [-0.1, -0.05) is 5.21 Å². The summed E-state index contributed by atoms with van der Waals surface area (Å²) in [5, 5.41) is 20.5. The molecule has 0 aliphatic rings. The fourth-order valence-corrected chi connectivity index (χ4v) is 1.17. The van der Waals surface area contributed by atoms with Crippen molar-refractivity contribution in [1.82, 2.24) is 25.6 Å². The molecule has 0 bridgehead atoms. The van der Waals surface area contributed by atoms with E-state index in [1.165, 1.54) is 10.9 Å². The number of primary amides is 1. The number of carbonyl (C=O) groups is 3. The lowest BCUT2D eigenvalue weighted by molar-refractivity contribution is 0.0690. The quantitative estimate of drug-likeness (QED) is 0.437. The third-order valence-corrected chi connectivity index (χ3v) is 2.02. The number of nitrogens with one attached hydrogen (secondary N) is 2. The number of ether oxygens (including phenoxy) is 1. The van der Waals surface area contributed by atoms with Crippen LogP contribution in [0.15, 0.2) is 6.20 Å². The maximum atomic E-state index is 11.3. The molecule has 0 saturated carbocycles. The van der Waals surface area contributed by atoms with Crippen LogP contribution in [0.4, 0.5) is 9.59 Å². The predicted molar refractivity (Wildman–Crippen MR) is 63.9 cm³/mol. The van der Waals surface area contributed by atoms with E-state index in [1.807, 2.05) is 0 Å². The van der Waals surface area contributed by atoms with Crippen molar-refractivity contribution in [2.75, 3.05) is 19.7 Å². The molecular weight excluding hydrogens is 272 g/mol. The molecule has 0 unspecified atom stereocenters. The topological polar surface area (TPSA) is 161 Å². The Balaban J connectivity index is 2.15. The van der Waals surface area contributed by atoms with Crippen molar-refractivity contribution in [1.29, 1.82) is 0 Å². The first-order valence-electron chi connectivity index (χ1n) is 5.56. The molecule has 1 heterocycles. The third kappa shape index (κ3) is 5.66. The van der Waals surface area contributed by atoms with Crippen LogP contribution < -0.4 is 16.4 Å². The van der Waals surface area contributed by atoms with Gasteiger partial charge in [0.05, 0.1) is 19.3 Å². The Bertz CT molecular complexity index is 487. The Morgan fingerprint density at radius 1 is 1.35 bits per heavy atom. The van der Waals surface area contributed by atoms with Crippen molar-refractivity contribution in [2.24, 2.45) is 5.73 Å². The van der Waals surface area contributed by atoms with Gasteiger partial charge in [-0.05, 0) is 0 Å². The molecule has 0 spiro atoms. The highest BCUT2D eigenvalue weighted by atomic mass is 16.5. The maximum Gasteiger partial charge on any atom is 0.404 e. The average Bonchev–Trinajstić information content (AvgIpc) is 2.83. The normalized spacial score (nSPS) is 9.80. The molecule has 0 radical (unpaired) electrons. The van der Waals surface area contributed by atoms with E-state index in [0.29, 0.717) is 0 Å². The van der Waals surface area contributed by atoms with Crippen LogP contribution in [0.3, 0.4) is 0 Å². The van der Waals surface area contributed by atoms with Crippen molar-refractivity contribution in [3.8, 4) is 0 Å². The summed E-state index contributed by atoms with van der Waals surface area (Å²) < 4.78 is 5.70. The summed E-state index contributed by atoms with van der Waals surface area (Å²) in [6.45, 7) is 0.603. The first-order chi connectivity index (χ1) is 9.49. The number of hydrogen-bond acceptors (Lipinski definition) is 6. The van der Waals surface area contributed by atoms with Gasteiger partial charge in [0.1, 0.15) is 6.61 Å². The number of carboxylic acids is 1. The fourth-order valence-electron chi connectivity index (χ4n) is 1.17. The lowest BCUT2D eigenvalue weighted by atomic mass is 10.5. The summed E-state index contributed by atoms with van der Waals surface area (Å²) in [6, 6.07) is -0.461. The number of aromatic nitrogens is 3. The van der Waals surface area contributed by atoms with Gasteiger partial charge in [-0.2, -0.15) is 0 Å². The number of nitrogens with two attached hydrogens (primary N) is 1. The number of aromatic carboxylic acids is 1. The van der Waals surface area contributed by atoms with E-state index < -0.39 is 18.1 Å². The van der Waals surface area contributed by atoms with Crippen LogP contribution in [0.5, 0.6) is 0 Å². The van der Waals surface area contributed by atoms with Gasteiger partial charge in [0.2, 0.25) is 0 Å². The molecular formula is C9H14N6O5. The van der Waals surface area contributed by atoms with Gasteiger partial charge >= 0.3 is 18.1 Å². The molecule has 11 heteroatoms. The Kier molecular flexibility index (Phi) is 5.75. The van der Waals surface area contributed by atoms with Crippen LogP contribution in [-0.2, 0) is 11.3 Å². The molecule has 0 saturated heterocycles. The Morgan fingerprint density at radius 3 is 2.65 bits per heavy atom. The van der Waals surface area contributed by atoms with E-state index in [2.05, 4.69) is 25.7 Å². The summed E-state index contributed by atoms with van der Waals surface area (Å²) in [7, 11) is 0. The van der Waals surface area contributed by atoms with E-state index in [-0.39, 0.29) is 31.9 Å². The number of carboxylic acid groups (broad SMARTS) is 1. The van der Waals surface area contributed by atoms with Crippen molar-refractivity contribution in [2.45, 2.75) is 6.54 Å². The van der Waals surface area contributed by atoms with Gasteiger partial charge in [0.25, 0.3) is 0 Å². The summed E-state index contributed by atoms with van der Waals surface area (Å²) in [6.07, 6.45) is 0.343. The van der Waals surface area contributed by atoms with Crippen LogP contribution >= 0.6 is 0 Å². The second-order valence-electron chi connectivity index (χ2n) is 3.52. The van der Waals surface area contributed by atoms with Gasteiger partial charge in [-0.15, -0.1) is 5.10 Å². The molecule has 5 N–H and O–H groups in total. The molecule has 0 atom stereocenters. The molecule has 0 aromatic carbocycles. The first-order valence-corrected chi connectivity index (χ1v) is 5.56. The lowest BCUT2D eigenvalue weighted by Gasteiger charge is -2.07. The average molecular weight is 286 g/mol. The van der Waals surface area contributed by atoms with E-state index >= 15 is 0 Å². The van der Waals surface area contributed by atoms with Crippen molar-refractivity contribution < 1.29 is 24.2 Å². The van der Waals surface area contributed by atoms with Crippen LogP contribution in [0, 0.1) is 0 Å². The van der Waals surface area contributed by atoms with Gasteiger partial charge in [0, 0.05) is 6.54 Å². The molecule has 20 heavy (non-hydrogen) atoms. The van der Waals surface area contributed by atoms with E-state index in [4.69, 9.17) is 10.8 Å². The number of carbonyl (C=O) groups excluding carboxylic acids is 2. The minimum atomic E-state index is -1.17. The van der Waals surface area contributed by atoms with Crippen LogP contribution in [0.2, 0.25) is 0 Å². The second-order valence-corrected chi connectivity index (χ2v) is 3.52. The Morgan fingerprint density at radius 2 is 2.05 bits per heavy atom. The zero-order valence-corrected chi connectivity index (χ0v) is 10.4. The van der Waals surface area contributed by atoms with Crippen molar-refractivity contribution >= 4 is 18.1 Å². The fraction of sp³-hybridized carbons (Fsp3) is 0.444. The third-order valence-electron chi connectivity index (χ3n) is 2.02. The molecule has 11 nitrogen and oxygen atoms in total. The predicted octanol–water partition coefficient (Wildman–Crippen LogP) is -1.63. The molecule has 3 amide bonds. The highest BCUT2D eigenvalue weighted by molar-refractivity contribution is 5.84. The molecule has 1 aromatic heterocycles. The zero-order valence-electron chi connectivity index (χ0n) is 10.4. The monoisotopic (exact) mass is 286 g/mol. The second kappa shape index (κ2) is 7.56. The summed E-state index contributed by atoms with van der Waals surface area (Å²) in [5.74, 6) is -1.17. The van der Waals surface area contributed by atoms with Gasteiger partial charge < -0.3 is 26.2 Å². The summed E-state index contributed by atoms with van der Waals surface area (Å²) >= 11 is 0. The number of amides is 3. The number of hydrogen-bond donors (Lipinski definition) is 4. The van der Waals surface area contributed by atoms with Crippen molar-refractivity contribution in [3.05, 3.63) is 11.9 Å². The van der Waals surface area contributed by atoms with Gasteiger partial charge in [-0.3, -0.25) is 0 Å². The maximum absolute atomic E-state index is 11.3. The number of urea groups is 1. The SMILES string of the molecule is NC(=O)OCCNC(=O)NCCn1cc(C(=O)O)nn1. The van der Waals surface area contributed by atoms with E-state index in [1.54, 1.807) is 0 Å². The highest BCUT2D eigenvalue weighted by Gasteiger charge is 2.08. The zero-order chi connectivity index (χ0) is 15.0. The highest BCUT2D eigenvalue weighted by Crippen LogP contribution is 1.91. The number of nitrogens with zero attached hydrogens (tertiary/aromatic N) is 3. The lowest BCUT2D eigenvalue weighted by Crippen LogP contribution is -2.39. The molecule has 0 aliphatic carbocycles. The van der Waals surface area contributed by atoms with E-state index in [0.717, 1.165) is 0 Å². The largest absolute Gasteiger partial charge is 0.476 e. The first kappa shape index (κ1) is 15.2. The minimum absolute atomic E-state index is 0.0200. The van der Waals surface area contributed by atoms with Crippen LogP contribution in [0.25, 0.3) is 0 Å². The van der Waals surface area contributed by atoms with E-state index in [9.17, 15) is 14.4 Å². The Labute approximate surface area is 113 Å². The van der Waals surface area contributed by atoms with Crippen LogP contribution in [-0.4, -0.2) is 57.9 Å². The number of rotatable bonds is 7. The molecule has 0 aliphatic heterocycles. The summed E-state index contributed by atoms with van der Waals surface area (Å²) in [4.78, 5) is 32.0. The Hall–Kier alpha value is -2.85. The van der Waals surface area contributed by atoms with Gasteiger partial charge in [-0.25, -0.2) is 19.1 Å². The van der Waals surface area contributed by atoms with Gasteiger partial charge in [0.15, 0.2) is 5.69 Å². The standard InChI is InChI=1S/C9H14N6O5/c10-8(18)20-4-2-12-9(19)11-1-3-15-5-6(7(16)17)13-14-15/h5H,1-4H2,(H2,10,18)(H,16,17)(H2,11,12,19). The molecule has 1 rings (SSSR count). The minimum Gasteiger partial charge on any atom is -0.476 e.